The summed E-state index contributed by atoms with van der Waals surface area (Å²) < 4.78 is 5.19. The van der Waals surface area contributed by atoms with Crippen LogP contribution in [-0.4, -0.2) is 23.9 Å². The van der Waals surface area contributed by atoms with Gasteiger partial charge < -0.3 is 20.0 Å². The summed E-state index contributed by atoms with van der Waals surface area (Å²) >= 11 is 5.28. The van der Waals surface area contributed by atoms with E-state index in [-0.39, 0.29) is 6.42 Å². The van der Waals surface area contributed by atoms with Crippen molar-refractivity contribution in [1.29, 1.82) is 0 Å². The minimum absolute atomic E-state index is 0.232. The van der Waals surface area contributed by atoms with E-state index in [1.54, 1.807) is 25.1 Å². The van der Waals surface area contributed by atoms with Crippen molar-refractivity contribution in [2.45, 2.75) is 33.1 Å². The monoisotopic (exact) mass is 398 g/mol. The standard InChI is InChI=1S/C21H25N3O3S/c1-13(2)15-5-8-18(9-6-15)22-21(28)24-23-14(3)16-7-10-19(27-4)17(11-16)12-20(25)26/h5-11,13H,12H2,1-4H3,(H,25,26)(H2,22,24,28)/p-1/b23-14-. The number of aliphatic carboxylic acids is 1. The van der Waals surface area contributed by atoms with Crippen molar-refractivity contribution < 1.29 is 14.6 Å². The van der Waals surface area contributed by atoms with Crippen molar-refractivity contribution in [3.63, 3.8) is 0 Å². The first-order valence-electron chi connectivity index (χ1n) is 8.88. The number of benzene rings is 2. The maximum absolute atomic E-state index is 10.9. The topological polar surface area (TPSA) is 85.8 Å². The molecular weight excluding hydrogens is 374 g/mol. The lowest BCUT2D eigenvalue weighted by atomic mass is 10.0. The predicted octanol–water partition coefficient (Wildman–Crippen LogP) is 2.82. The number of methoxy groups -OCH3 is 1. The Morgan fingerprint density at radius 1 is 1.21 bits per heavy atom. The normalized spacial score (nSPS) is 11.2. The number of carboxylic acids is 1. The van der Waals surface area contributed by atoms with Crippen LogP contribution < -0.4 is 20.6 Å². The van der Waals surface area contributed by atoms with Gasteiger partial charge in [-0.3, -0.25) is 5.43 Å². The van der Waals surface area contributed by atoms with E-state index in [1.807, 2.05) is 12.1 Å². The van der Waals surface area contributed by atoms with Gasteiger partial charge in [0.1, 0.15) is 5.75 Å². The smallest absolute Gasteiger partial charge is 0.191 e. The molecule has 0 saturated carbocycles. The first-order chi connectivity index (χ1) is 13.3. The molecule has 2 rings (SSSR count). The number of hydrogen-bond donors (Lipinski definition) is 2. The van der Waals surface area contributed by atoms with Crippen LogP contribution in [0.15, 0.2) is 47.6 Å². The van der Waals surface area contributed by atoms with Crippen LogP contribution in [0.3, 0.4) is 0 Å². The van der Waals surface area contributed by atoms with Crippen LogP contribution in [0.1, 0.15) is 43.4 Å². The summed E-state index contributed by atoms with van der Waals surface area (Å²) in [6.45, 7) is 6.09. The van der Waals surface area contributed by atoms with Crippen LogP contribution in [0.4, 0.5) is 5.69 Å². The largest absolute Gasteiger partial charge is 0.550 e. The Hall–Kier alpha value is -2.93. The number of carboxylic acid groups (broad SMARTS) is 1. The average molecular weight is 399 g/mol. The molecule has 0 aromatic heterocycles. The molecule has 0 amide bonds. The molecule has 148 valence electrons. The van der Waals surface area contributed by atoms with Gasteiger partial charge in [0.2, 0.25) is 0 Å². The van der Waals surface area contributed by atoms with Crippen LogP contribution >= 0.6 is 12.2 Å². The van der Waals surface area contributed by atoms with Gasteiger partial charge in [0, 0.05) is 23.6 Å². The third-order valence-corrected chi connectivity index (χ3v) is 4.39. The number of thiocarbonyl (C=S) groups is 1. The van der Waals surface area contributed by atoms with Gasteiger partial charge in [0.05, 0.1) is 12.8 Å². The molecule has 2 aromatic rings. The minimum Gasteiger partial charge on any atom is -0.550 e. The number of rotatable bonds is 7. The molecule has 28 heavy (non-hydrogen) atoms. The maximum atomic E-state index is 10.9. The second-order valence-electron chi connectivity index (χ2n) is 6.62. The number of carbonyl (C=O) groups excluding carboxylic acids is 1. The molecule has 0 fully saturated rings. The third-order valence-electron chi connectivity index (χ3n) is 4.19. The van der Waals surface area contributed by atoms with Crippen molar-refractivity contribution >= 4 is 34.7 Å². The lowest BCUT2D eigenvalue weighted by Gasteiger charge is -2.12. The molecule has 0 aliphatic carbocycles. The van der Waals surface area contributed by atoms with E-state index in [0.717, 1.165) is 11.3 Å². The van der Waals surface area contributed by atoms with Crippen LogP contribution in [0, 0.1) is 0 Å². The lowest BCUT2D eigenvalue weighted by molar-refractivity contribution is -0.304. The number of carbonyl (C=O) groups is 1. The van der Waals surface area contributed by atoms with E-state index in [4.69, 9.17) is 17.0 Å². The van der Waals surface area contributed by atoms with E-state index < -0.39 is 5.97 Å². The quantitative estimate of drug-likeness (QED) is 0.424. The molecule has 7 heteroatoms. The average Bonchev–Trinajstić information content (AvgIpc) is 2.66. The van der Waals surface area contributed by atoms with Gasteiger partial charge in [0.15, 0.2) is 5.11 Å². The molecule has 0 aliphatic heterocycles. The van der Waals surface area contributed by atoms with Crippen molar-refractivity contribution in [1.82, 2.24) is 5.43 Å². The summed E-state index contributed by atoms with van der Waals surface area (Å²) in [7, 11) is 1.49. The molecule has 0 heterocycles. The molecule has 2 aromatic carbocycles. The van der Waals surface area contributed by atoms with Crippen molar-refractivity contribution in [2.75, 3.05) is 12.4 Å². The van der Waals surface area contributed by atoms with Crippen LogP contribution in [0.2, 0.25) is 0 Å². The Morgan fingerprint density at radius 3 is 2.46 bits per heavy atom. The minimum atomic E-state index is -1.17. The molecular formula is C21H24N3O3S-. The number of hydrogen-bond acceptors (Lipinski definition) is 5. The van der Waals surface area contributed by atoms with Crippen molar-refractivity contribution in [3.05, 3.63) is 59.2 Å². The SMILES string of the molecule is COc1ccc(/C(C)=N\NC(=S)Nc2ccc(C(C)C)cc2)cc1CC(=O)[O-]. The Bertz CT molecular complexity index is 877. The number of nitrogens with zero attached hydrogens (tertiary/aromatic N) is 1. The second-order valence-corrected chi connectivity index (χ2v) is 7.02. The summed E-state index contributed by atoms with van der Waals surface area (Å²) in [6.07, 6.45) is -0.232. The first kappa shape index (κ1) is 21.4. The lowest BCUT2D eigenvalue weighted by Crippen LogP contribution is -2.25. The van der Waals surface area contributed by atoms with Crippen LogP contribution in [-0.2, 0) is 11.2 Å². The van der Waals surface area contributed by atoms with Gasteiger partial charge in [-0.15, -0.1) is 0 Å². The fraction of sp³-hybridized carbons (Fsp3) is 0.286. The maximum Gasteiger partial charge on any atom is 0.191 e. The van der Waals surface area contributed by atoms with Gasteiger partial charge in [0.25, 0.3) is 0 Å². The first-order valence-corrected chi connectivity index (χ1v) is 9.29. The van der Waals surface area contributed by atoms with Gasteiger partial charge in [-0.1, -0.05) is 26.0 Å². The van der Waals surface area contributed by atoms with Gasteiger partial charge >= 0.3 is 0 Å². The zero-order valence-electron chi connectivity index (χ0n) is 16.4. The zero-order chi connectivity index (χ0) is 20.7. The Morgan fingerprint density at radius 2 is 1.89 bits per heavy atom. The molecule has 0 atom stereocenters. The summed E-state index contributed by atoms with van der Waals surface area (Å²) in [5.74, 6) is -0.203. The Balaban J connectivity index is 2.04. The highest BCUT2D eigenvalue weighted by atomic mass is 32.1. The molecule has 0 saturated heterocycles. The van der Waals surface area contributed by atoms with E-state index in [0.29, 0.717) is 28.1 Å². The molecule has 0 bridgehead atoms. The van der Waals surface area contributed by atoms with Crippen LogP contribution in [0.25, 0.3) is 0 Å². The zero-order valence-corrected chi connectivity index (χ0v) is 17.2. The number of ether oxygens (including phenoxy) is 1. The summed E-state index contributed by atoms with van der Waals surface area (Å²) in [5, 5.41) is 18.6. The van der Waals surface area contributed by atoms with E-state index >= 15 is 0 Å². The van der Waals surface area contributed by atoms with Crippen LogP contribution in [0.5, 0.6) is 5.75 Å². The third kappa shape index (κ3) is 6.06. The molecule has 2 N–H and O–H groups in total. The fourth-order valence-corrected chi connectivity index (χ4v) is 2.77. The number of nitrogens with one attached hydrogen (secondary N) is 2. The molecule has 0 unspecified atom stereocenters. The highest BCUT2D eigenvalue weighted by Gasteiger charge is 2.07. The number of hydrazone groups is 1. The van der Waals surface area contributed by atoms with Crippen molar-refractivity contribution in [2.24, 2.45) is 5.10 Å². The summed E-state index contributed by atoms with van der Waals surface area (Å²) in [5.41, 5.74) is 6.87. The highest BCUT2D eigenvalue weighted by molar-refractivity contribution is 7.80. The Labute approximate surface area is 170 Å². The molecule has 0 spiro atoms. The number of anilines is 1. The second kappa shape index (κ2) is 9.85. The van der Waals surface area contributed by atoms with Gasteiger partial charge in [-0.25, -0.2) is 0 Å². The van der Waals surface area contributed by atoms with E-state index in [2.05, 4.69) is 41.8 Å². The predicted molar refractivity (Wildman–Crippen MR) is 114 cm³/mol. The molecule has 0 aliphatic rings. The van der Waals surface area contributed by atoms with Gasteiger partial charge in [-0.05, 0) is 66.5 Å². The van der Waals surface area contributed by atoms with E-state index in [9.17, 15) is 9.90 Å². The summed E-state index contributed by atoms with van der Waals surface area (Å²) in [4.78, 5) is 10.9. The molecule has 0 radical (unpaired) electrons. The Kier molecular flexibility index (Phi) is 7.52. The fourth-order valence-electron chi connectivity index (χ4n) is 2.61. The van der Waals surface area contributed by atoms with Gasteiger partial charge in [-0.2, -0.15) is 5.10 Å². The highest BCUT2D eigenvalue weighted by Crippen LogP contribution is 2.21. The molecule has 6 nitrogen and oxygen atoms in total. The van der Waals surface area contributed by atoms with Crippen molar-refractivity contribution in [3.8, 4) is 5.75 Å². The summed E-state index contributed by atoms with van der Waals surface area (Å²) in [6, 6.07) is 13.3. The van der Waals surface area contributed by atoms with E-state index in [1.165, 1.54) is 12.7 Å².